The lowest BCUT2D eigenvalue weighted by Crippen LogP contribution is -2.36. The number of hydrogen-bond donors (Lipinski definition) is 1. The van der Waals surface area contributed by atoms with Gasteiger partial charge >= 0.3 is 12.2 Å². The van der Waals surface area contributed by atoms with Gasteiger partial charge in [-0.05, 0) is 53.7 Å². The van der Waals surface area contributed by atoms with Crippen molar-refractivity contribution in [3.8, 4) is 11.8 Å². The van der Waals surface area contributed by atoms with E-state index in [1.165, 1.54) is 45.4 Å². The van der Waals surface area contributed by atoms with Gasteiger partial charge in [0, 0.05) is 38.4 Å². The van der Waals surface area contributed by atoms with Crippen LogP contribution in [0.4, 0.5) is 26.1 Å². The highest BCUT2D eigenvalue weighted by Gasteiger charge is 2.20. The number of nitro groups is 2. The van der Waals surface area contributed by atoms with E-state index in [4.69, 9.17) is 36.3 Å². The quantitative estimate of drug-likeness (QED) is 0.0917. The van der Waals surface area contributed by atoms with Crippen LogP contribution < -0.4 is 15.2 Å². The molecule has 19 nitrogen and oxygen atoms in total. The van der Waals surface area contributed by atoms with Crippen LogP contribution >= 0.6 is 22.9 Å². The van der Waals surface area contributed by atoms with Crippen LogP contribution in [-0.4, -0.2) is 103 Å². The van der Waals surface area contributed by atoms with Gasteiger partial charge < -0.3 is 34.5 Å². The Bertz CT molecular complexity index is 1820. The molecule has 4 aromatic heterocycles. The second-order valence-electron chi connectivity index (χ2n) is 12.7. The van der Waals surface area contributed by atoms with Gasteiger partial charge in [-0.2, -0.15) is 0 Å². The molecule has 4 aromatic rings. The Hall–Kier alpha value is -5.63. The van der Waals surface area contributed by atoms with E-state index >= 15 is 0 Å². The second-order valence-corrected chi connectivity index (χ2v) is 14.1. The number of halogens is 1. The molecule has 4 heterocycles. The third kappa shape index (κ3) is 19.3. The average Bonchev–Trinajstić information content (AvgIpc) is 3.43. The molecule has 0 aromatic carbocycles. The highest BCUT2D eigenvalue weighted by molar-refractivity contribution is 7.21. The molecule has 0 unspecified atom stereocenters. The lowest BCUT2D eigenvalue weighted by Gasteiger charge is -2.24. The molecule has 2 N–H and O–H groups in total. The number of hydrogen-bond acceptors (Lipinski definition) is 16. The molecule has 55 heavy (non-hydrogen) atoms. The van der Waals surface area contributed by atoms with Crippen LogP contribution in [-0.2, 0) is 9.47 Å². The Morgan fingerprint density at radius 2 is 1.22 bits per heavy atom. The van der Waals surface area contributed by atoms with Crippen molar-refractivity contribution in [3.05, 3.63) is 74.2 Å². The molecule has 304 valence electrons. The lowest BCUT2D eigenvalue weighted by molar-refractivity contribution is -0.385. The fraction of sp³-hybridized carbons (Fsp3) is 0.471. The van der Waals surface area contributed by atoms with Crippen molar-refractivity contribution in [1.29, 1.82) is 0 Å². The number of carbonyl (C=O) groups is 2. The van der Waals surface area contributed by atoms with Crippen LogP contribution in [0.25, 0.3) is 10.3 Å². The number of pyridine rings is 3. The number of fused-ring (bicyclic) bond motifs is 1. The van der Waals surface area contributed by atoms with Crippen LogP contribution in [0.15, 0.2) is 48.8 Å². The van der Waals surface area contributed by atoms with Crippen molar-refractivity contribution in [1.82, 2.24) is 29.7 Å². The van der Waals surface area contributed by atoms with Crippen molar-refractivity contribution < 1.29 is 38.4 Å². The molecule has 0 aliphatic carbocycles. The number of carbonyl (C=O) groups excluding carboxylic acids is 2. The molecule has 0 fully saturated rings. The number of nitrogens with two attached hydrogens (primary N) is 1. The minimum atomic E-state index is -0.549. The summed E-state index contributed by atoms with van der Waals surface area (Å²) in [6.07, 6.45) is 1.41. The van der Waals surface area contributed by atoms with Gasteiger partial charge in [0.25, 0.3) is 11.4 Å². The highest BCUT2D eigenvalue weighted by atomic mass is 35.5. The van der Waals surface area contributed by atoms with Crippen molar-refractivity contribution in [2.75, 3.05) is 46.1 Å². The van der Waals surface area contributed by atoms with E-state index < -0.39 is 27.1 Å². The summed E-state index contributed by atoms with van der Waals surface area (Å²) in [5.74, 6) is 0.743. The lowest BCUT2D eigenvalue weighted by atomic mass is 10.2. The SMILES string of the molecule is C.C.CN(CCOc1ccc([N+](=O)[O-])cn1)C(=O)OC(C)(C)C.CN(CCOc1ccc2nc(N)sc2n1)C(=O)OC(C)(C)C.O=[N+]([O-])c1ccc(Cl)nc1. The zero-order valence-electron chi connectivity index (χ0n) is 30.5. The zero-order valence-corrected chi connectivity index (χ0v) is 32.0. The average molecular weight is 812 g/mol. The number of ether oxygens (including phenoxy) is 4. The summed E-state index contributed by atoms with van der Waals surface area (Å²) < 4.78 is 21.3. The third-order valence-corrected chi connectivity index (χ3v) is 6.88. The first-order valence-corrected chi connectivity index (χ1v) is 16.9. The van der Waals surface area contributed by atoms with Gasteiger partial charge in [-0.25, -0.2) is 29.5 Å². The number of nitrogen functional groups attached to an aromatic ring is 1. The Labute approximate surface area is 329 Å². The normalized spacial score (nSPS) is 10.4. The van der Waals surface area contributed by atoms with Gasteiger partial charge in [0.1, 0.15) is 52.3 Å². The monoisotopic (exact) mass is 811 g/mol. The number of likely N-dealkylation sites (N-methyl/N-ethyl adjacent to an activating group) is 2. The molecular weight excluding hydrogens is 762 g/mol. The Balaban J connectivity index is 0.000000830. The zero-order chi connectivity index (χ0) is 39.9. The Morgan fingerprint density at radius 1 is 0.764 bits per heavy atom. The molecule has 0 aliphatic rings. The first-order chi connectivity index (χ1) is 24.6. The smallest absolute Gasteiger partial charge is 0.410 e. The molecule has 21 heteroatoms. The van der Waals surface area contributed by atoms with Crippen molar-refractivity contribution >= 4 is 62.0 Å². The summed E-state index contributed by atoms with van der Waals surface area (Å²) in [6, 6.07) is 8.93. The first-order valence-electron chi connectivity index (χ1n) is 15.7. The van der Waals surface area contributed by atoms with Gasteiger partial charge in [0.05, 0.1) is 22.9 Å². The van der Waals surface area contributed by atoms with Gasteiger partial charge in [-0.15, -0.1) is 0 Å². The van der Waals surface area contributed by atoms with Crippen molar-refractivity contribution in [2.45, 2.75) is 67.6 Å². The van der Waals surface area contributed by atoms with E-state index in [0.717, 1.165) is 22.7 Å². The van der Waals surface area contributed by atoms with E-state index in [0.29, 0.717) is 30.7 Å². The van der Waals surface area contributed by atoms with Gasteiger partial charge in [0.2, 0.25) is 11.8 Å². The Morgan fingerprint density at radius 3 is 1.64 bits per heavy atom. The summed E-state index contributed by atoms with van der Waals surface area (Å²) in [5, 5.41) is 21.2. The van der Waals surface area contributed by atoms with E-state index in [2.05, 4.69) is 19.9 Å². The maximum absolute atomic E-state index is 11.8. The highest BCUT2D eigenvalue weighted by Crippen LogP contribution is 2.24. The van der Waals surface area contributed by atoms with Gasteiger partial charge in [-0.3, -0.25) is 20.2 Å². The summed E-state index contributed by atoms with van der Waals surface area (Å²) in [7, 11) is 3.26. The fourth-order valence-corrected chi connectivity index (χ4v) is 4.18. The van der Waals surface area contributed by atoms with Gasteiger partial charge in [-0.1, -0.05) is 37.8 Å². The summed E-state index contributed by atoms with van der Waals surface area (Å²) >= 11 is 6.69. The molecule has 4 rings (SSSR count). The van der Waals surface area contributed by atoms with Crippen molar-refractivity contribution in [3.63, 3.8) is 0 Å². The molecule has 0 atom stereocenters. The molecule has 0 aliphatic heterocycles. The van der Waals surface area contributed by atoms with Crippen LogP contribution in [0.3, 0.4) is 0 Å². The molecule has 0 saturated carbocycles. The number of amides is 2. The van der Waals surface area contributed by atoms with Crippen LogP contribution in [0.1, 0.15) is 56.4 Å². The number of aromatic nitrogens is 4. The number of nitrogens with zero attached hydrogens (tertiary/aromatic N) is 8. The fourth-order valence-electron chi connectivity index (χ4n) is 3.38. The van der Waals surface area contributed by atoms with Crippen LogP contribution in [0.5, 0.6) is 11.8 Å². The number of anilines is 1. The summed E-state index contributed by atoms with van der Waals surface area (Å²) in [6.45, 7) is 12.1. The topological polar surface area (TPSA) is 241 Å². The maximum Gasteiger partial charge on any atom is 0.410 e. The molecule has 2 amide bonds. The largest absolute Gasteiger partial charge is 0.476 e. The van der Waals surface area contributed by atoms with E-state index in [9.17, 15) is 29.8 Å². The molecule has 0 saturated heterocycles. The van der Waals surface area contributed by atoms with E-state index in [-0.39, 0.29) is 50.0 Å². The predicted molar refractivity (Wildman–Crippen MR) is 211 cm³/mol. The van der Waals surface area contributed by atoms with Gasteiger partial charge in [0.15, 0.2) is 5.13 Å². The minimum Gasteiger partial charge on any atom is -0.476 e. The predicted octanol–water partition coefficient (Wildman–Crippen LogP) is 7.67. The summed E-state index contributed by atoms with van der Waals surface area (Å²) in [4.78, 5) is 62.3. The molecule has 0 bridgehead atoms. The Kier molecular flexibility index (Phi) is 20.2. The second kappa shape index (κ2) is 22.6. The summed E-state index contributed by atoms with van der Waals surface area (Å²) in [5.41, 5.74) is 5.17. The molecule has 0 spiro atoms. The van der Waals surface area contributed by atoms with E-state index in [1.54, 1.807) is 40.9 Å². The standard InChI is InChI=1S/C14H20N4O3S.C13H19N3O5.C5H3ClN2O2.2CH4/c1-14(2,3)21-13(19)18(4)7-8-20-10-6-5-9-11(17-10)22-12(15)16-9;1-13(2,3)21-12(17)15(4)7-8-20-11-6-5-10(9-14-11)16(18)19;6-5-2-1-4(3-7-5)8(9)10;;/h5-6H,7-8H2,1-4H3,(H2,15,16);5-6,9H,7-8H2,1-4H3;1-3H;2*1H4. The van der Waals surface area contributed by atoms with Crippen LogP contribution in [0.2, 0.25) is 5.15 Å². The number of rotatable bonds is 10. The molecule has 0 radical (unpaired) electrons. The molecular formula is C34H50ClN9O10S. The first kappa shape index (κ1) is 49.4. The van der Waals surface area contributed by atoms with Crippen molar-refractivity contribution in [2.24, 2.45) is 0 Å². The maximum atomic E-state index is 11.8. The number of thiazole rings is 1. The van der Waals surface area contributed by atoms with Crippen LogP contribution in [0, 0.1) is 20.2 Å². The van der Waals surface area contributed by atoms with E-state index in [1.807, 2.05) is 26.8 Å². The third-order valence-electron chi connectivity index (χ3n) is 5.86. The minimum absolute atomic E-state index is 0.